The van der Waals surface area contributed by atoms with Crippen LogP contribution in [0, 0.1) is 22.7 Å². The Morgan fingerprint density at radius 3 is 1.17 bits per heavy atom. The molecule has 4 aromatic carbocycles. The van der Waals surface area contributed by atoms with Crippen LogP contribution in [-0.2, 0) is 28.6 Å². The molecule has 4 aliphatic rings. The zero-order valence-corrected chi connectivity index (χ0v) is 41.5. The Hall–Kier alpha value is -4.34. The fraction of sp³-hybridized carbons (Fsp3) is 0.448. The first-order valence-corrected chi connectivity index (χ1v) is 28.2. The van der Waals surface area contributed by atoms with Crippen LogP contribution < -0.4 is 0 Å². The van der Waals surface area contributed by atoms with Gasteiger partial charge in [0.15, 0.2) is 0 Å². The lowest BCUT2D eigenvalue weighted by atomic mass is 9.66. The van der Waals surface area contributed by atoms with E-state index in [-0.39, 0.29) is 34.9 Å². The van der Waals surface area contributed by atoms with Crippen LogP contribution in [-0.4, -0.2) is 41.6 Å². The van der Waals surface area contributed by atoms with Crippen LogP contribution >= 0.6 is 0 Å². The summed E-state index contributed by atoms with van der Waals surface area (Å²) in [5.41, 5.74) is 12.0. The Morgan fingerprint density at radius 1 is 0.515 bits per heavy atom. The molecule has 0 spiro atoms. The molecule has 2 saturated carbocycles. The molecule has 66 heavy (non-hydrogen) atoms. The summed E-state index contributed by atoms with van der Waals surface area (Å²) >= 11 is 0. The fourth-order valence-electron chi connectivity index (χ4n) is 12.4. The predicted molar refractivity (Wildman–Crippen MR) is 274 cm³/mol. The SMILES string of the molecule is C=C(c1ccccc1)[C@@]12CC[C@@H](OS(C)(=O)=O)C1CC(CCCCCC)=C2c1ccccc1.C=C(c1ccccc1)[C@@]12CC[C@H](OS(C)(=O)=O)C1CC(CCCCCC)=C2c1ccccc1. The van der Waals surface area contributed by atoms with Crippen LogP contribution in [0.1, 0.15) is 139 Å². The lowest BCUT2D eigenvalue weighted by Gasteiger charge is -2.37. The van der Waals surface area contributed by atoms with Crippen molar-refractivity contribution in [2.24, 2.45) is 22.7 Å². The van der Waals surface area contributed by atoms with Crippen molar-refractivity contribution in [3.05, 3.63) is 168 Å². The molecule has 0 bridgehead atoms. The fourth-order valence-corrected chi connectivity index (χ4v) is 13.7. The highest BCUT2D eigenvalue weighted by molar-refractivity contribution is 7.86. The maximum absolute atomic E-state index is 12.1. The highest BCUT2D eigenvalue weighted by atomic mass is 32.2. The van der Waals surface area contributed by atoms with Gasteiger partial charge in [-0.15, -0.1) is 0 Å². The maximum atomic E-state index is 12.1. The van der Waals surface area contributed by atoms with Crippen LogP contribution in [0.2, 0.25) is 0 Å². The van der Waals surface area contributed by atoms with Crippen LogP contribution in [0.5, 0.6) is 0 Å². The van der Waals surface area contributed by atoms with Gasteiger partial charge in [0.05, 0.1) is 24.7 Å². The van der Waals surface area contributed by atoms with Gasteiger partial charge in [-0.1, -0.05) is 198 Å². The summed E-state index contributed by atoms with van der Waals surface area (Å²) in [6.07, 6.45) is 18.4. The van der Waals surface area contributed by atoms with Crippen LogP contribution in [0.4, 0.5) is 0 Å². The summed E-state index contributed by atoms with van der Waals surface area (Å²) in [7, 11) is -7.07. The van der Waals surface area contributed by atoms with Crippen LogP contribution in [0.3, 0.4) is 0 Å². The number of hydrogen-bond acceptors (Lipinski definition) is 6. The first-order valence-electron chi connectivity index (χ1n) is 24.6. The van der Waals surface area contributed by atoms with Crippen molar-refractivity contribution in [2.75, 3.05) is 12.5 Å². The molecule has 8 rings (SSSR count). The zero-order chi connectivity index (χ0) is 47.0. The molecular formula is C58H72O6S2. The Labute approximate surface area is 397 Å². The number of unbranched alkanes of at least 4 members (excludes halogenated alkanes) is 6. The van der Waals surface area contributed by atoms with E-state index < -0.39 is 20.2 Å². The standard InChI is InChI=1S/2C29H36O3S/c2*1-4-5-6-9-18-25-21-26-27(32-33(3,30)31)19-20-29(26,22(2)23-14-10-7-11-15-23)28(25)24-16-12-8-13-17-24/h2*7-8,10-17,26-27H,2,4-6,9,18-21H2,1,3H3/t26?,27-,29+;26?,27-,29-/m10/s1. The molecule has 0 aromatic heterocycles. The number of rotatable bonds is 20. The Morgan fingerprint density at radius 2 is 0.848 bits per heavy atom. The van der Waals surface area contributed by atoms with Gasteiger partial charge in [0, 0.05) is 22.7 Å². The van der Waals surface area contributed by atoms with Crippen molar-refractivity contribution in [1.29, 1.82) is 0 Å². The van der Waals surface area contributed by atoms with E-state index in [1.165, 1.54) is 84.5 Å². The van der Waals surface area contributed by atoms with Gasteiger partial charge < -0.3 is 0 Å². The number of allylic oxidation sites excluding steroid dienone is 6. The predicted octanol–water partition coefficient (Wildman–Crippen LogP) is 14.5. The third-order valence-corrected chi connectivity index (χ3v) is 16.2. The summed E-state index contributed by atoms with van der Waals surface area (Å²) in [4.78, 5) is 0. The van der Waals surface area contributed by atoms with Crippen molar-refractivity contribution in [1.82, 2.24) is 0 Å². The van der Waals surface area contributed by atoms with Gasteiger partial charge in [0.25, 0.3) is 20.2 Å². The highest BCUT2D eigenvalue weighted by Gasteiger charge is 2.59. The van der Waals surface area contributed by atoms with E-state index in [2.05, 4.69) is 136 Å². The van der Waals surface area contributed by atoms with Gasteiger partial charge in [-0.2, -0.15) is 16.8 Å². The van der Waals surface area contributed by atoms with Gasteiger partial charge in [0.1, 0.15) is 0 Å². The molecule has 2 unspecified atom stereocenters. The van der Waals surface area contributed by atoms with Gasteiger partial charge >= 0.3 is 0 Å². The number of fused-ring (bicyclic) bond motifs is 2. The minimum atomic E-state index is -3.54. The van der Waals surface area contributed by atoms with Crippen LogP contribution in [0.15, 0.2) is 146 Å². The lowest BCUT2D eigenvalue weighted by molar-refractivity contribution is 0.152. The molecule has 4 aromatic rings. The highest BCUT2D eigenvalue weighted by Crippen LogP contribution is 2.68. The number of hydrogen-bond donors (Lipinski definition) is 0. The molecule has 6 nitrogen and oxygen atoms in total. The molecule has 0 heterocycles. The maximum Gasteiger partial charge on any atom is 0.264 e. The van der Waals surface area contributed by atoms with Crippen LogP contribution in [0.25, 0.3) is 22.3 Å². The molecule has 0 radical (unpaired) electrons. The van der Waals surface area contributed by atoms with Crippen molar-refractivity contribution in [2.45, 2.75) is 129 Å². The summed E-state index contributed by atoms with van der Waals surface area (Å²) in [6.45, 7) is 13.8. The molecule has 8 heteroatoms. The number of benzene rings is 4. The van der Waals surface area contributed by atoms with E-state index in [1.807, 2.05) is 12.1 Å². The monoisotopic (exact) mass is 928 g/mol. The molecule has 6 atom stereocenters. The van der Waals surface area contributed by atoms with Gasteiger partial charge in [0.2, 0.25) is 0 Å². The summed E-state index contributed by atoms with van der Waals surface area (Å²) in [5, 5.41) is 0. The van der Waals surface area contributed by atoms with E-state index in [0.717, 1.165) is 86.5 Å². The zero-order valence-electron chi connectivity index (χ0n) is 39.9. The van der Waals surface area contributed by atoms with E-state index in [0.29, 0.717) is 0 Å². The molecule has 0 amide bonds. The quantitative estimate of drug-likeness (QED) is 0.0648. The first kappa shape index (κ1) is 49.6. The minimum Gasteiger partial charge on any atom is -0.267 e. The molecule has 352 valence electrons. The van der Waals surface area contributed by atoms with E-state index in [1.54, 1.807) is 0 Å². The van der Waals surface area contributed by atoms with E-state index in [4.69, 9.17) is 8.37 Å². The Kier molecular flexibility index (Phi) is 16.3. The normalized spacial score (nSPS) is 24.8. The smallest absolute Gasteiger partial charge is 0.264 e. The third-order valence-electron chi connectivity index (χ3n) is 15.0. The summed E-state index contributed by atoms with van der Waals surface area (Å²) < 4.78 is 60.0. The molecule has 0 aliphatic heterocycles. The molecule has 4 aliphatic carbocycles. The Bertz CT molecular complexity index is 2390. The van der Waals surface area contributed by atoms with Gasteiger partial charge in [-0.25, -0.2) is 0 Å². The molecule has 0 N–H and O–H groups in total. The Balaban J connectivity index is 0.000000196. The first-order chi connectivity index (χ1) is 31.7. The topological polar surface area (TPSA) is 86.7 Å². The van der Waals surface area contributed by atoms with Crippen molar-refractivity contribution < 1.29 is 25.2 Å². The largest absolute Gasteiger partial charge is 0.267 e. The summed E-state index contributed by atoms with van der Waals surface area (Å²) in [6, 6.07) is 42.1. The second-order valence-electron chi connectivity index (χ2n) is 19.3. The minimum absolute atomic E-state index is 0.0799. The van der Waals surface area contributed by atoms with E-state index in [9.17, 15) is 16.8 Å². The van der Waals surface area contributed by atoms with Crippen molar-refractivity contribution >= 4 is 42.5 Å². The van der Waals surface area contributed by atoms with E-state index >= 15 is 0 Å². The third kappa shape index (κ3) is 10.8. The second kappa shape index (κ2) is 21.7. The molecule has 0 saturated heterocycles. The van der Waals surface area contributed by atoms with Crippen molar-refractivity contribution in [3.8, 4) is 0 Å². The van der Waals surface area contributed by atoms with Crippen molar-refractivity contribution in [3.63, 3.8) is 0 Å². The second-order valence-corrected chi connectivity index (χ2v) is 22.5. The average molecular weight is 929 g/mol. The molecule has 2 fully saturated rings. The average Bonchev–Trinajstić information content (AvgIpc) is 4.04. The summed E-state index contributed by atoms with van der Waals surface area (Å²) in [5.74, 6) is 0.160. The lowest BCUT2D eigenvalue weighted by Crippen LogP contribution is -2.31. The van der Waals surface area contributed by atoms with Gasteiger partial charge in [-0.05, 0) is 109 Å². The molecular weight excluding hydrogens is 857 g/mol. The van der Waals surface area contributed by atoms with Gasteiger partial charge in [-0.3, -0.25) is 8.37 Å².